The Hall–Kier alpha value is -2.83. The summed E-state index contributed by atoms with van der Waals surface area (Å²) in [6.07, 6.45) is 9.70. The minimum atomic E-state index is -0.925. The second-order valence-corrected chi connectivity index (χ2v) is 12.2. The van der Waals surface area contributed by atoms with Crippen molar-refractivity contribution < 1.29 is 19.7 Å². The highest BCUT2D eigenvalue weighted by molar-refractivity contribution is 5.91. The zero-order valence-electron chi connectivity index (χ0n) is 22.8. The summed E-state index contributed by atoms with van der Waals surface area (Å²) in [4.78, 5) is 17.7. The average molecular weight is 517 g/mol. The smallest absolute Gasteiger partial charge is 0.246 e. The number of likely N-dealkylation sites (tertiary alicyclic amines) is 1. The predicted octanol–water partition coefficient (Wildman–Crippen LogP) is 4.44. The molecule has 0 spiro atoms. The molecule has 1 saturated heterocycles. The lowest BCUT2D eigenvalue weighted by molar-refractivity contribution is -0.178. The van der Waals surface area contributed by atoms with E-state index in [9.17, 15) is 15.0 Å². The zero-order chi connectivity index (χ0) is 26.7. The van der Waals surface area contributed by atoms with E-state index in [2.05, 4.69) is 11.0 Å². The van der Waals surface area contributed by atoms with Crippen molar-refractivity contribution in [1.29, 1.82) is 0 Å². The summed E-state index contributed by atoms with van der Waals surface area (Å²) in [7, 11) is 3.49. The fraction of sp³-hybridized carbons (Fsp3) is 0.531. The Morgan fingerprint density at radius 2 is 2.03 bits per heavy atom. The highest BCUT2D eigenvalue weighted by Gasteiger charge is 2.66. The van der Waals surface area contributed by atoms with Gasteiger partial charge in [-0.05, 0) is 87.6 Å². The number of fused-ring (bicyclic) bond motifs is 1. The number of amides is 1. The zero-order valence-corrected chi connectivity index (χ0v) is 22.8. The number of ether oxygens (including phenoxy) is 1. The number of aliphatic hydroxyl groups is 1. The number of methoxy groups -OCH3 is 1. The van der Waals surface area contributed by atoms with Crippen LogP contribution in [0.4, 0.5) is 0 Å². The molecule has 4 atom stereocenters. The molecule has 0 radical (unpaired) electrons. The van der Waals surface area contributed by atoms with Gasteiger partial charge in [0.05, 0.1) is 12.7 Å². The molecular weight excluding hydrogens is 476 g/mol. The normalized spacial score (nSPS) is 30.5. The predicted molar refractivity (Wildman–Crippen MR) is 148 cm³/mol. The van der Waals surface area contributed by atoms with Crippen molar-refractivity contribution >= 4 is 12.0 Å². The molecule has 2 N–H and O–H groups in total. The Morgan fingerprint density at radius 3 is 2.76 bits per heavy atom. The number of piperidine rings is 1. The van der Waals surface area contributed by atoms with Gasteiger partial charge < -0.3 is 19.8 Å². The molecule has 6 heteroatoms. The Morgan fingerprint density at radius 1 is 1.21 bits per heavy atom. The summed E-state index contributed by atoms with van der Waals surface area (Å²) in [5.74, 6) is 1.33. The van der Waals surface area contributed by atoms with E-state index in [0.29, 0.717) is 18.6 Å². The summed E-state index contributed by atoms with van der Waals surface area (Å²) < 4.78 is 5.80. The molecule has 3 aliphatic carbocycles. The Kier molecular flexibility index (Phi) is 6.31. The van der Waals surface area contributed by atoms with Gasteiger partial charge in [-0.1, -0.05) is 35.9 Å². The van der Waals surface area contributed by atoms with Gasteiger partial charge in [-0.25, -0.2) is 0 Å². The number of likely N-dealkylation sites (N-methyl/N-ethyl adjacent to an activating group) is 1. The second kappa shape index (κ2) is 9.42. The van der Waals surface area contributed by atoms with Gasteiger partial charge in [-0.2, -0.15) is 0 Å². The molecule has 202 valence electrons. The molecule has 2 aromatic carbocycles. The fourth-order valence-electron chi connectivity index (χ4n) is 7.79. The van der Waals surface area contributed by atoms with E-state index in [0.717, 1.165) is 60.5 Å². The molecule has 4 aliphatic rings. The third kappa shape index (κ3) is 4.04. The van der Waals surface area contributed by atoms with Crippen LogP contribution in [0.1, 0.15) is 60.8 Å². The van der Waals surface area contributed by atoms with E-state index in [4.69, 9.17) is 4.74 Å². The van der Waals surface area contributed by atoms with Crippen molar-refractivity contribution in [3.63, 3.8) is 0 Å². The molecule has 38 heavy (non-hydrogen) atoms. The van der Waals surface area contributed by atoms with Gasteiger partial charge in [0.1, 0.15) is 0 Å². The van der Waals surface area contributed by atoms with Crippen molar-refractivity contribution in [2.75, 3.05) is 27.2 Å². The van der Waals surface area contributed by atoms with Crippen LogP contribution >= 0.6 is 0 Å². The lowest BCUT2D eigenvalue weighted by Gasteiger charge is -2.65. The van der Waals surface area contributed by atoms with Crippen LogP contribution in [0.5, 0.6) is 11.5 Å². The number of hydrogen-bond acceptors (Lipinski definition) is 5. The van der Waals surface area contributed by atoms with Crippen LogP contribution in [0.25, 0.3) is 6.08 Å². The Bertz CT molecular complexity index is 1270. The van der Waals surface area contributed by atoms with Crippen molar-refractivity contribution in [1.82, 2.24) is 9.80 Å². The first-order valence-electron chi connectivity index (χ1n) is 14.1. The summed E-state index contributed by atoms with van der Waals surface area (Å²) >= 11 is 0. The number of hydrogen-bond donors (Lipinski definition) is 2. The third-order valence-corrected chi connectivity index (χ3v) is 9.95. The number of rotatable bonds is 6. The van der Waals surface area contributed by atoms with Gasteiger partial charge in [0.2, 0.25) is 5.91 Å². The number of carbonyl (C=O) groups is 1. The highest BCUT2D eigenvalue weighted by Crippen LogP contribution is 2.61. The fourth-order valence-corrected chi connectivity index (χ4v) is 7.79. The maximum atomic E-state index is 13.3. The number of benzene rings is 2. The van der Waals surface area contributed by atoms with Crippen LogP contribution in [0, 0.1) is 12.8 Å². The topological polar surface area (TPSA) is 73.2 Å². The van der Waals surface area contributed by atoms with Crippen molar-refractivity contribution in [2.24, 2.45) is 5.92 Å². The molecule has 2 bridgehead atoms. The van der Waals surface area contributed by atoms with Crippen molar-refractivity contribution in [3.05, 3.63) is 64.7 Å². The largest absolute Gasteiger partial charge is 0.504 e. The van der Waals surface area contributed by atoms with Gasteiger partial charge in [0.15, 0.2) is 11.5 Å². The minimum absolute atomic E-state index is 0.0152. The number of phenols is 1. The number of carbonyl (C=O) groups excluding carboxylic acids is 1. The number of aryl methyl sites for hydroxylation is 1. The second-order valence-electron chi connectivity index (χ2n) is 12.2. The molecule has 1 amide bonds. The summed E-state index contributed by atoms with van der Waals surface area (Å²) in [5.41, 5.74) is 2.79. The number of nitrogens with zero attached hydrogens (tertiary/aromatic N) is 2. The van der Waals surface area contributed by atoms with Crippen molar-refractivity contribution in [3.8, 4) is 11.5 Å². The first-order chi connectivity index (χ1) is 18.3. The SMILES string of the molecule is COc1c(O)ccc2c1[C@]13CCN(CC4CC4)[C@H](C2)[C@]1(O)CC[C@H](N(C)C(=O)C=Cc1cccc(C)c1)C3. The third-order valence-electron chi connectivity index (χ3n) is 9.95. The van der Waals surface area contributed by atoms with E-state index >= 15 is 0 Å². The van der Waals surface area contributed by atoms with E-state index in [1.807, 2.05) is 49.2 Å². The van der Waals surface area contributed by atoms with Gasteiger partial charge in [0.25, 0.3) is 0 Å². The van der Waals surface area contributed by atoms with E-state index in [1.54, 1.807) is 19.3 Å². The van der Waals surface area contributed by atoms with E-state index in [-0.39, 0.29) is 23.7 Å². The number of aromatic hydroxyl groups is 1. The quantitative estimate of drug-likeness (QED) is 0.556. The summed E-state index contributed by atoms with van der Waals surface area (Å²) in [5, 5.41) is 23.4. The van der Waals surface area contributed by atoms with Crippen LogP contribution in [-0.2, 0) is 16.6 Å². The Labute approximate surface area is 225 Å². The van der Waals surface area contributed by atoms with Gasteiger partial charge >= 0.3 is 0 Å². The average Bonchev–Trinajstić information content (AvgIpc) is 3.72. The first-order valence-corrected chi connectivity index (χ1v) is 14.1. The molecule has 1 heterocycles. The van der Waals surface area contributed by atoms with Gasteiger partial charge in [-0.3, -0.25) is 9.69 Å². The highest BCUT2D eigenvalue weighted by atomic mass is 16.5. The van der Waals surface area contributed by atoms with Gasteiger partial charge in [0, 0.05) is 42.7 Å². The molecular formula is C32H40N2O4. The van der Waals surface area contributed by atoms with Crippen LogP contribution in [0.3, 0.4) is 0 Å². The lowest BCUT2D eigenvalue weighted by Crippen LogP contribution is -2.74. The first kappa shape index (κ1) is 25.4. The van der Waals surface area contributed by atoms with Crippen molar-refractivity contribution in [2.45, 2.75) is 75.0 Å². The monoisotopic (exact) mass is 516 g/mol. The molecule has 6 nitrogen and oxygen atoms in total. The maximum Gasteiger partial charge on any atom is 0.246 e. The maximum absolute atomic E-state index is 13.3. The molecule has 0 aromatic heterocycles. The van der Waals surface area contributed by atoms with E-state index < -0.39 is 11.0 Å². The lowest BCUT2D eigenvalue weighted by atomic mass is 9.48. The molecule has 2 saturated carbocycles. The molecule has 3 fully saturated rings. The van der Waals surface area contributed by atoms with Crippen LogP contribution in [0.2, 0.25) is 0 Å². The van der Waals surface area contributed by atoms with E-state index in [1.165, 1.54) is 12.8 Å². The summed E-state index contributed by atoms with van der Waals surface area (Å²) in [6, 6.07) is 11.9. The molecule has 6 rings (SSSR count). The Balaban J connectivity index is 1.34. The summed E-state index contributed by atoms with van der Waals surface area (Å²) in [6.45, 7) is 4.02. The molecule has 0 unspecified atom stereocenters. The van der Waals surface area contributed by atoms with Crippen LogP contribution < -0.4 is 4.74 Å². The van der Waals surface area contributed by atoms with Crippen LogP contribution in [-0.4, -0.2) is 70.9 Å². The molecule has 1 aliphatic heterocycles. The standard InChI is InChI=1S/C32H40N2O4/c1-21-5-4-6-22(17-21)9-12-28(36)33(2)25-13-14-32(37)27-18-24-10-11-26(35)30(38-3)29(24)31(32,19-25)15-16-34(27)20-23-7-8-23/h4-6,9-12,17,23,25,27,35,37H,7-8,13-16,18-20H2,1-3H3/t25-,27+,31+,32+/m0/s1. The number of phenolic OH excluding ortho intramolecular Hbond substituents is 1. The molecule has 2 aromatic rings. The minimum Gasteiger partial charge on any atom is -0.504 e. The van der Waals surface area contributed by atoms with Crippen LogP contribution in [0.15, 0.2) is 42.5 Å². The van der Waals surface area contributed by atoms with Gasteiger partial charge in [-0.15, -0.1) is 0 Å².